The van der Waals surface area contributed by atoms with Gasteiger partial charge in [-0.2, -0.15) is 0 Å². The van der Waals surface area contributed by atoms with E-state index < -0.39 is 0 Å². The van der Waals surface area contributed by atoms with Crippen molar-refractivity contribution in [3.8, 4) is 0 Å². The Morgan fingerprint density at radius 1 is 1.03 bits per heavy atom. The molecule has 6 nitrogen and oxygen atoms in total. The van der Waals surface area contributed by atoms with Gasteiger partial charge in [0.25, 0.3) is 0 Å². The van der Waals surface area contributed by atoms with E-state index in [-0.39, 0.29) is 0 Å². The predicted molar refractivity (Wildman–Crippen MR) is 111 cm³/mol. The lowest BCUT2D eigenvalue weighted by Gasteiger charge is -2.25. The van der Waals surface area contributed by atoms with Crippen LogP contribution in [0.15, 0.2) is 58.4 Å². The maximum Gasteiger partial charge on any atom is 0.142 e. The Labute approximate surface area is 168 Å². The van der Waals surface area contributed by atoms with Crippen molar-refractivity contribution in [2.45, 2.75) is 19.4 Å². The monoisotopic (exact) mass is 389 g/mol. The van der Waals surface area contributed by atoms with Crippen molar-refractivity contribution in [1.82, 2.24) is 10.2 Å². The molecular formula is C23H23N3O3. The third kappa shape index (κ3) is 3.57. The first-order valence-electron chi connectivity index (χ1n) is 10.0. The zero-order valence-electron chi connectivity index (χ0n) is 16.2. The molecule has 3 aliphatic rings. The number of hydrogen-bond acceptors (Lipinski definition) is 6. The van der Waals surface area contributed by atoms with Gasteiger partial charge in [-0.25, -0.2) is 0 Å². The number of ether oxygens (including phenoxy) is 1. The number of furan rings is 1. The van der Waals surface area contributed by atoms with E-state index in [0.29, 0.717) is 5.70 Å². The number of rotatable bonds is 3. The number of allylic oxidation sites excluding steroid dienone is 2. The molecule has 0 radical (unpaired) electrons. The largest absolute Gasteiger partial charge is 0.459 e. The Hall–Kier alpha value is -2.96. The van der Waals surface area contributed by atoms with Crippen LogP contribution in [-0.2, 0) is 17.7 Å². The number of benzene rings is 1. The van der Waals surface area contributed by atoms with Gasteiger partial charge in [0.1, 0.15) is 11.2 Å². The summed E-state index contributed by atoms with van der Waals surface area (Å²) in [6, 6.07) is 8.42. The van der Waals surface area contributed by atoms with E-state index in [9.17, 15) is 4.91 Å². The molecule has 0 unspecified atom stereocenters. The van der Waals surface area contributed by atoms with E-state index in [0.717, 1.165) is 78.1 Å². The molecule has 0 amide bonds. The molecule has 2 aromatic rings. The average Bonchev–Trinajstić information content (AvgIpc) is 3.38. The predicted octanol–water partition coefficient (Wildman–Crippen LogP) is 2.00. The lowest BCUT2D eigenvalue weighted by atomic mass is 10.1. The summed E-state index contributed by atoms with van der Waals surface area (Å²) in [5, 5.41) is 9.44. The summed E-state index contributed by atoms with van der Waals surface area (Å²) < 4.78 is 11.8. The molecule has 0 bridgehead atoms. The van der Waals surface area contributed by atoms with Crippen molar-refractivity contribution in [2.75, 3.05) is 26.3 Å². The summed E-state index contributed by atoms with van der Waals surface area (Å²) in [5.41, 5.74) is 3.75. The third-order valence-electron chi connectivity index (χ3n) is 5.72. The molecule has 1 fully saturated rings. The Bertz CT molecular complexity index is 1200. The number of morpholine rings is 1. The minimum atomic E-state index is 0.658. The van der Waals surface area contributed by atoms with Crippen molar-refractivity contribution in [3.63, 3.8) is 0 Å². The van der Waals surface area contributed by atoms with Crippen LogP contribution in [0.1, 0.15) is 17.7 Å². The molecule has 3 heterocycles. The summed E-state index contributed by atoms with van der Waals surface area (Å²) in [6.07, 6.45) is 9.44. The Morgan fingerprint density at radius 3 is 2.66 bits per heavy atom. The molecule has 1 aromatic heterocycles. The molecule has 1 aliphatic carbocycles. The second kappa shape index (κ2) is 7.81. The highest BCUT2D eigenvalue weighted by Crippen LogP contribution is 2.16. The Kier molecular flexibility index (Phi) is 4.87. The van der Waals surface area contributed by atoms with Crippen LogP contribution in [0.3, 0.4) is 0 Å². The Balaban J connectivity index is 1.70. The summed E-state index contributed by atoms with van der Waals surface area (Å²) in [7, 11) is 0. The van der Waals surface area contributed by atoms with Crippen LogP contribution in [0.5, 0.6) is 0 Å². The molecule has 0 spiro atoms. The van der Waals surface area contributed by atoms with Gasteiger partial charge in [0.2, 0.25) is 0 Å². The molecule has 6 heteroatoms. The van der Waals surface area contributed by atoms with Gasteiger partial charge >= 0.3 is 0 Å². The molecule has 0 saturated carbocycles. The van der Waals surface area contributed by atoms with E-state index in [1.54, 1.807) is 0 Å². The second-order valence-electron chi connectivity index (χ2n) is 7.54. The van der Waals surface area contributed by atoms with Crippen LogP contribution in [0.2, 0.25) is 0 Å². The maximum atomic E-state index is 11.0. The average molecular weight is 389 g/mol. The van der Waals surface area contributed by atoms with E-state index in [4.69, 9.17) is 9.15 Å². The lowest BCUT2D eigenvalue weighted by Crippen LogP contribution is -2.35. The van der Waals surface area contributed by atoms with E-state index in [1.807, 2.05) is 30.6 Å². The van der Waals surface area contributed by atoms with Gasteiger partial charge in [-0.15, -0.1) is 4.91 Å². The SMILES string of the molecule is O=NC1=c2cc/c(=c3/cc(CN4CCOCC4)oc3=C3C=CNC=C3)cc2CC1. The van der Waals surface area contributed by atoms with Gasteiger partial charge in [-0.3, -0.25) is 4.90 Å². The minimum Gasteiger partial charge on any atom is -0.459 e. The van der Waals surface area contributed by atoms with E-state index in [2.05, 4.69) is 33.6 Å². The minimum absolute atomic E-state index is 0.658. The first-order chi connectivity index (χ1) is 14.3. The first kappa shape index (κ1) is 18.1. The van der Waals surface area contributed by atoms with Crippen molar-refractivity contribution < 1.29 is 9.15 Å². The highest BCUT2D eigenvalue weighted by atomic mass is 16.5. The second-order valence-corrected chi connectivity index (χ2v) is 7.54. The molecule has 1 aromatic carbocycles. The van der Waals surface area contributed by atoms with Crippen LogP contribution in [0, 0.1) is 15.3 Å². The highest BCUT2D eigenvalue weighted by molar-refractivity contribution is 5.66. The number of nitrogens with one attached hydrogen (secondary N) is 1. The first-order valence-corrected chi connectivity index (χ1v) is 10.0. The van der Waals surface area contributed by atoms with E-state index >= 15 is 0 Å². The molecule has 1 N–H and O–H groups in total. The normalized spacial score (nSPS) is 20.0. The molecule has 5 rings (SSSR count). The molecular weight excluding hydrogens is 366 g/mol. The summed E-state index contributed by atoms with van der Waals surface area (Å²) in [6.45, 7) is 4.14. The van der Waals surface area contributed by atoms with Crippen molar-refractivity contribution in [2.24, 2.45) is 5.18 Å². The van der Waals surface area contributed by atoms with E-state index in [1.165, 1.54) is 5.56 Å². The number of aryl methyl sites for hydroxylation is 1. The quantitative estimate of drug-likeness (QED) is 0.814. The molecule has 0 atom stereocenters. The fourth-order valence-electron chi connectivity index (χ4n) is 4.20. The van der Waals surface area contributed by atoms with Crippen molar-refractivity contribution >= 4 is 11.3 Å². The number of nitrogens with zero attached hydrogens (tertiary/aromatic N) is 2. The number of nitroso groups, excluding NO2 is 1. The number of fused-ring (bicyclic) bond motifs is 1. The zero-order chi connectivity index (χ0) is 19.6. The molecule has 29 heavy (non-hydrogen) atoms. The van der Waals surface area contributed by atoms with Crippen LogP contribution < -0.4 is 16.0 Å². The van der Waals surface area contributed by atoms with Crippen molar-refractivity contribution in [3.05, 3.63) is 86.1 Å². The van der Waals surface area contributed by atoms with Gasteiger partial charge in [-0.05, 0) is 47.0 Å². The molecule has 1 saturated heterocycles. The highest BCUT2D eigenvalue weighted by Gasteiger charge is 2.15. The molecule has 148 valence electrons. The smallest absolute Gasteiger partial charge is 0.142 e. The van der Waals surface area contributed by atoms with Crippen LogP contribution in [0.25, 0.3) is 11.3 Å². The zero-order valence-corrected chi connectivity index (χ0v) is 16.2. The van der Waals surface area contributed by atoms with Gasteiger partial charge in [-0.1, -0.05) is 18.2 Å². The number of dihydropyridines is 1. The summed E-state index contributed by atoms with van der Waals surface area (Å²) in [4.78, 5) is 13.4. The maximum absolute atomic E-state index is 11.0. The topological polar surface area (TPSA) is 67.1 Å². The van der Waals surface area contributed by atoms with Gasteiger partial charge in [0.05, 0.1) is 25.5 Å². The Morgan fingerprint density at radius 2 is 1.86 bits per heavy atom. The lowest BCUT2D eigenvalue weighted by molar-refractivity contribution is 0.0312. The third-order valence-corrected chi connectivity index (χ3v) is 5.72. The van der Waals surface area contributed by atoms with Crippen LogP contribution >= 0.6 is 0 Å². The number of hydrogen-bond donors (Lipinski definition) is 1. The van der Waals surface area contributed by atoms with Gasteiger partial charge < -0.3 is 14.5 Å². The standard InChI is InChI=1S/C23H23N3O3/c27-25-22-4-2-17-13-18(1-3-20(17)22)21-14-19(15-26-9-11-28-12-10-26)29-23(21)16-5-7-24-8-6-16/h1,3,5-8,13-14,24H,2,4,9-12,15H2/b21-18+. The summed E-state index contributed by atoms with van der Waals surface area (Å²) in [5.74, 6) is 0.951. The van der Waals surface area contributed by atoms with Gasteiger partial charge in [0, 0.05) is 41.5 Å². The van der Waals surface area contributed by atoms with Crippen molar-refractivity contribution in [1.29, 1.82) is 0 Å². The fraction of sp³-hybridized carbons (Fsp3) is 0.304. The summed E-state index contributed by atoms with van der Waals surface area (Å²) >= 11 is 0. The van der Waals surface area contributed by atoms with Crippen LogP contribution in [-0.4, -0.2) is 31.2 Å². The fourth-order valence-corrected chi connectivity index (χ4v) is 4.20. The molecule has 2 aliphatic heterocycles. The van der Waals surface area contributed by atoms with Gasteiger partial charge in [0.15, 0.2) is 0 Å². The van der Waals surface area contributed by atoms with Crippen LogP contribution in [0.4, 0.5) is 0 Å².